The number of carbonyl (C=O) groups excluding carboxylic acids is 2. The van der Waals surface area contributed by atoms with Gasteiger partial charge in [-0.3, -0.25) is 9.59 Å². The smallest absolute Gasteiger partial charge is 0.475 e. The molecule has 0 fully saturated rings. The molecule has 2 amide bonds. The van der Waals surface area contributed by atoms with Gasteiger partial charge in [0.2, 0.25) is 11.8 Å². The molecule has 9 heteroatoms. The van der Waals surface area contributed by atoms with Crippen LogP contribution in [-0.2, 0) is 14.4 Å². The lowest BCUT2D eigenvalue weighted by Gasteiger charge is -2.03. The van der Waals surface area contributed by atoms with Gasteiger partial charge >= 0.3 is 12.1 Å². The minimum atomic E-state index is -5.08. The van der Waals surface area contributed by atoms with Gasteiger partial charge in [-0.25, -0.2) is 4.79 Å². The van der Waals surface area contributed by atoms with Crippen LogP contribution in [-0.4, -0.2) is 29.1 Å². The van der Waals surface area contributed by atoms with E-state index >= 15 is 0 Å². The number of amides is 2. The molecule has 0 spiro atoms. The molecule has 1 aromatic rings. The molecule has 4 N–H and O–H groups in total. The number of carboxylic acid groups (broad SMARTS) is 1. The molecular formula is C13H15F3N2O4. The maximum Gasteiger partial charge on any atom is 0.490 e. The number of nitrogens with two attached hydrogens (primary N) is 1. The Hall–Kier alpha value is -2.58. The number of para-hydroxylation sites is 1. The average Bonchev–Trinajstić information content (AvgIpc) is 2.39. The maximum atomic E-state index is 11.3. The van der Waals surface area contributed by atoms with E-state index in [0.717, 1.165) is 5.69 Å². The third-order valence-corrected chi connectivity index (χ3v) is 2.13. The van der Waals surface area contributed by atoms with Gasteiger partial charge in [-0.1, -0.05) is 18.2 Å². The van der Waals surface area contributed by atoms with Crippen LogP contribution in [0.4, 0.5) is 18.9 Å². The third-order valence-electron chi connectivity index (χ3n) is 2.13. The molecule has 0 heterocycles. The molecule has 0 saturated heterocycles. The Kier molecular flexibility index (Phi) is 8.27. The molecule has 0 aliphatic carbocycles. The number of carboxylic acids is 1. The largest absolute Gasteiger partial charge is 0.490 e. The van der Waals surface area contributed by atoms with Crippen molar-refractivity contribution in [3.63, 3.8) is 0 Å². The number of alkyl halides is 3. The molecule has 1 aromatic carbocycles. The zero-order valence-electron chi connectivity index (χ0n) is 11.4. The molecule has 0 aliphatic heterocycles. The number of benzene rings is 1. The Morgan fingerprint density at radius 2 is 1.59 bits per heavy atom. The second kappa shape index (κ2) is 9.37. The Bertz CT molecular complexity index is 504. The van der Waals surface area contributed by atoms with Gasteiger partial charge < -0.3 is 16.2 Å². The molecule has 0 unspecified atom stereocenters. The fourth-order valence-corrected chi connectivity index (χ4v) is 1.17. The summed E-state index contributed by atoms with van der Waals surface area (Å²) in [6.45, 7) is 0. The fourth-order valence-electron chi connectivity index (χ4n) is 1.17. The zero-order valence-corrected chi connectivity index (χ0v) is 11.4. The van der Waals surface area contributed by atoms with Gasteiger partial charge in [0.1, 0.15) is 0 Å². The van der Waals surface area contributed by atoms with Crippen molar-refractivity contribution in [2.45, 2.75) is 25.4 Å². The van der Waals surface area contributed by atoms with Gasteiger partial charge in [0, 0.05) is 18.5 Å². The summed E-state index contributed by atoms with van der Waals surface area (Å²) in [7, 11) is 0. The van der Waals surface area contributed by atoms with E-state index in [1.54, 1.807) is 0 Å². The Morgan fingerprint density at radius 3 is 2.00 bits per heavy atom. The highest BCUT2D eigenvalue weighted by molar-refractivity contribution is 5.90. The minimum absolute atomic E-state index is 0.0950. The number of hydrogen-bond acceptors (Lipinski definition) is 3. The van der Waals surface area contributed by atoms with E-state index in [-0.39, 0.29) is 18.2 Å². The first-order valence-corrected chi connectivity index (χ1v) is 6.06. The predicted molar refractivity (Wildman–Crippen MR) is 71.8 cm³/mol. The Labute approximate surface area is 124 Å². The second-order valence-electron chi connectivity index (χ2n) is 4.04. The molecule has 0 aliphatic rings. The normalized spacial score (nSPS) is 10.1. The van der Waals surface area contributed by atoms with Gasteiger partial charge in [0.05, 0.1) is 0 Å². The highest BCUT2D eigenvalue weighted by Crippen LogP contribution is 2.13. The van der Waals surface area contributed by atoms with Crippen molar-refractivity contribution in [1.82, 2.24) is 0 Å². The Morgan fingerprint density at radius 1 is 1.09 bits per heavy atom. The number of hydrogen-bond donors (Lipinski definition) is 3. The quantitative estimate of drug-likeness (QED) is 0.770. The number of rotatable bonds is 5. The van der Waals surface area contributed by atoms with Crippen molar-refractivity contribution in [3.05, 3.63) is 30.3 Å². The highest BCUT2D eigenvalue weighted by Gasteiger charge is 2.38. The predicted octanol–water partition coefficient (Wildman–Crippen LogP) is 1.91. The number of primary amides is 1. The van der Waals surface area contributed by atoms with Crippen LogP contribution in [0, 0.1) is 0 Å². The van der Waals surface area contributed by atoms with Crippen LogP contribution in [0.5, 0.6) is 0 Å². The highest BCUT2D eigenvalue weighted by atomic mass is 19.4. The first-order chi connectivity index (χ1) is 10.1. The van der Waals surface area contributed by atoms with Crippen LogP contribution in [0.25, 0.3) is 0 Å². The Balaban J connectivity index is 0.000000534. The molecule has 122 valence electrons. The van der Waals surface area contributed by atoms with Crippen molar-refractivity contribution in [2.24, 2.45) is 5.73 Å². The van der Waals surface area contributed by atoms with Crippen LogP contribution < -0.4 is 11.1 Å². The van der Waals surface area contributed by atoms with E-state index in [2.05, 4.69) is 5.32 Å². The second-order valence-corrected chi connectivity index (χ2v) is 4.04. The summed E-state index contributed by atoms with van der Waals surface area (Å²) in [6.07, 6.45) is -4.02. The summed E-state index contributed by atoms with van der Waals surface area (Å²) in [5.74, 6) is -3.22. The van der Waals surface area contributed by atoms with Crippen LogP contribution in [0.2, 0.25) is 0 Å². The summed E-state index contributed by atoms with van der Waals surface area (Å²) in [5.41, 5.74) is 5.73. The summed E-state index contributed by atoms with van der Waals surface area (Å²) in [6, 6.07) is 9.19. The number of carbonyl (C=O) groups is 3. The number of anilines is 1. The van der Waals surface area contributed by atoms with Gasteiger partial charge in [-0.05, 0) is 18.6 Å². The summed E-state index contributed by atoms with van der Waals surface area (Å²) >= 11 is 0. The van der Waals surface area contributed by atoms with Crippen LogP contribution >= 0.6 is 0 Å². The van der Waals surface area contributed by atoms with E-state index in [4.69, 9.17) is 15.6 Å². The fraction of sp³-hybridized carbons (Fsp3) is 0.308. The first-order valence-electron chi connectivity index (χ1n) is 6.06. The van der Waals surface area contributed by atoms with Gasteiger partial charge in [0.25, 0.3) is 0 Å². The van der Waals surface area contributed by atoms with Crippen LogP contribution in [0.1, 0.15) is 19.3 Å². The zero-order chi connectivity index (χ0) is 17.2. The maximum absolute atomic E-state index is 11.3. The van der Waals surface area contributed by atoms with E-state index in [1.165, 1.54) is 0 Å². The van der Waals surface area contributed by atoms with Crippen molar-refractivity contribution in [3.8, 4) is 0 Å². The number of nitrogens with one attached hydrogen (secondary N) is 1. The lowest BCUT2D eigenvalue weighted by Crippen LogP contribution is -2.21. The van der Waals surface area contributed by atoms with E-state index in [9.17, 15) is 22.8 Å². The van der Waals surface area contributed by atoms with E-state index in [0.29, 0.717) is 12.8 Å². The van der Waals surface area contributed by atoms with E-state index in [1.807, 2.05) is 30.3 Å². The molecule has 0 atom stereocenters. The first kappa shape index (κ1) is 19.4. The number of halogens is 3. The minimum Gasteiger partial charge on any atom is -0.475 e. The van der Waals surface area contributed by atoms with Gasteiger partial charge in [-0.2, -0.15) is 13.2 Å². The van der Waals surface area contributed by atoms with Crippen molar-refractivity contribution < 1.29 is 32.7 Å². The van der Waals surface area contributed by atoms with Crippen molar-refractivity contribution >= 4 is 23.5 Å². The summed E-state index contributed by atoms with van der Waals surface area (Å²) in [5, 5.41) is 9.85. The molecule has 0 bridgehead atoms. The topological polar surface area (TPSA) is 109 Å². The van der Waals surface area contributed by atoms with E-state index < -0.39 is 12.1 Å². The van der Waals surface area contributed by atoms with Gasteiger partial charge in [-0.15, -0.1) is 0 Å². The van der Waals surface area contributed by atoms with Gasteiger partial charge in [0.15, 0.2) is 0 Å². The van der Waals surface area contributed by atoms with Crippen molar-refractivity contribution in [1.29, 1.82) is 0 Å². The average molecular weight is 320 g/mol. The van der Waals surface area contributed by atoms with Crippen LogP contribution in [0.15, 0.2) is 30.3 Å². The molecule has 1 rings (SSSR count). The standard InChI is InChI=1S/C11H14N2O2.C2HF3O2/c12-10(14)7-4-8-11(15)13-9-5-2-1-3-6-9;3-2(4,5)1(6)7/h1-3,5-6H,4,7-8H2,(H2,12,14)(H,13,15);(H,6,7). The lowest BCUT2D eigenvalue weighted by atomic mass is 10.2. The molecular weight excluding hydrogens is 305 g/mol. The number of aliphatic carboxylic acids is 1. The molecule has 0 radical (unpaired) electrons. The lowest BCUT2D eigenvalue weighted by molar-refractivity contribution is -0.192. The van der Waals surface area contributed by atoms with Crippen molar-refractivity contribution in [2.75, 3.05) is 5.32 Å². The molecule has 0 saturated carbocycles. The molecule has 0 aromatic heterocycles. The summed E-state index contributed by atoms with van der Waals surface area (Å²) in [4.78, 5) is 30.7. The SMILES string of the molecule is NC(=O)CCCC(=O)Nc1ccccc1.O=C(O)C(F)(F)F. The monoisotopic (exact) mass is 320 g/mol. The van der Waals surface area contributed by atoms with Crippen LogP contribution in [0.3, 0.4) is 0 Å². The summed E-state index contributed by atoms with van der Waals surface area (Å²) < 4.78 is 31.7. The third kappa shape index (κ3) is 10.2. The molecule has 22 heavy (non-hydrogen) atoms. The molecule has 6 nitrogen and oxygen atoms in total.